The number of hydrogen-bond donors (Lipinski definition) is 2. The topological polar surface area (TPSA) is 94.6 Å². The molecule has 0 spiro atoms. The van der Waals surface area contributed by atoms with Gasteiger partial charge in [0.05, 0.1) is 23.4 Å². The van der Waals surface area contributed by atoms with Gasteiger partial charge in [-0.05, 0) is 6.04 Å². The van der Waals surface area contributed by atoms with Crippen LogP contribution in [-0.4, -0.2) is 30.3 Å². The molecule has 132 valence electrons. The van der Waals surface area contributed by atoms with Gasteiger partial charge in [0.2, 0.25) is 5.43 Å². The first-order valence-corrected chi connectivity index (χ1v) is 12.3. The number of nitrogens with zero attached hydrogens (tertiary/aromatic N) is 1. The van der Waals surface area contributed by atoms with Gasteiger partial charge in [0.25, 0.3) is 5.91 Å². The Morgan fingerprint density at radius 3 is 2.62 bits per heavy atom. The van der Waals surface area contributed by atoms with E-state index in [4.69, 9.17) is 10.5 Å². The molecule has 0 fully saturated rings. The lowest BCUT2D eigenvalue weighted by Crippen LogP contribution is -2.23. The second-order valence-corrected chi connectivity index (χ2v) is 13.8. The van der Waals surface area contributed by atoms with Crippen molar-refractivity contribution >= 4 is 35.5 Å². The fourth-order valence-electron chi connectivity index (χ4n) is 2.47. The quantitative estimate of drug-likeness (QED) is 0.577. The number of rotatable bonds is 7. The highest BCUT2D eigenvalue weighted by Gasteiger charge is 2.20. The number of hydrogen-bond acceptors (Lipinski definition) is 5. The summed E-state index contributed by atoms with van der Waals surface area (Å²) in [7, 11) is 0.584. The lowest BCUT2D eigenvalue weighted by molar-refractivity contribution is 0.0999. The maximum absolute atomic E-state index is 12.4. The Kier molecular flexibility index (Phi) is 5.64. The first kappa shape index (κ1) is 18.8. The Bertz CT molecular complexity index is 820. The number of ether oxygens (including phenoxy) is 1. The van der Waals surface area contributed by atoms with Crippen molar-refractivity contribution in [2.24, 2.45) is 12.8 Å². The maximum atomic E-state index is 12.4. The lowest BCUT2D eigenvalue weighted by atomic mass is 10.2. The van der Waals surface area contributed by atoms with E-state index in [9.17, 15) is 14.7 Å². The van der Waals surface area contributed by atoms with Crippen molar-refractivity contribution in [1.82, 2.24) is 4.57 Å². The minimum atomic E-state index is -1.17. The third-order valence-electron chi connectivity index (χ3n) is 3.84. The van der Waals surface area contributed by atoms with Crippen LogP contribution in [-0.2, 0) is 25.0 Å². The number of carbonyl (C=O) groups excluding carboxylic acids is 1. The fraction of sp³-hybridized carbons (Fsp3) is 0.500. The summed E-state index contributed by atoms with van der Waals surface area (Å²) in [6, 6.07) is 1.05. The number of primary amides is 1. The van der Waals surface area contributed by atoms with E-state index in [2.05, 4.69) is 19.6 Å². The van der Waals surface area contributed by atoms with Crippen LogP contribution in [0.5, 0.6) is 0 Å². The molecule has 0 bridgehead atoms. The largest absolute Gasteiger partial charge is 0.391 e. The van der Waals surface area contributed by atoms with Crippen molar-refractivity contribution in [1.29, 1.82) is 0 Å². The van der Waals surface area contributed by atoms with Crippen LogP contribution in [0.1, 0.15) is 20.8 Å². The van der Waals surface area contributed by atoms with Gasteiger partial charge >= 0.3 is 0 Å². The van der Waals surface area contributed by atoms with Crippen molar-refractivity contribution in [3.63, 3.8) is 0 Å². The number of aryl methyl sites for hydroxylation is 1. The molecule has 2 aromatic heterocycles. The van der Waals surface area contributed by atoms with Crippen LogP contribution in [0.25, 0.3) is 10.2 Å². The molecule has 0 radical (unpaired) electrons. The molecule has 2 heterocycles. The van der Waals surface area contributed by atoms with Gasteiger partial charge in [0.15, 0.2) is 0 Å². The van der Waals surface area contributed by atoms with E-state index in [0.717, 1.165) is 11.6 Å². The van der Waals surface area contributed by atoms with Crippen LogP contribution >= 0.6 is 11.3 Å². The average molecular weight is 369 g/mol. The summed E-state index contributed by atoms with van der Waals surface area (Å²) in [6.45, 7) is 7.67. The Balaban J connectivity index is 2.41. The van der Waals surface area contributed by atoms with Crippen LogP contribution in [0.2, 0.25) is 25.7 Å². The molecule has 3 N–H and O–H groups in total. The molecular weight excluding hydrogens is 344 g/mol. The van der Waals surface area contributed by atoms with E-state index >= 15 is 0 Å². The zero-order chi connectivity index (χ0) is 18.1. The van der Waals surface area contributed by atoms with Crippen LogP contribution < -0.4 is 11.2 Å². The highest BCUT2D eigenvalue weighted by atomic mass is 32.1. The fourth-order valence-corrected chi connectivity index (χ4v) is 4.39. The first-order chi connectivity index (χ1) is 11.2. The van der Waals surface area contributed by atoms with E-state index in [1.165, 1.54) is 17.5 Å². The molecule has 0 atom stereocenters. The molecule has 2 rings (SSSR count). The van der Waals surface area contributed by atoms with Crippen LogP contribution in [0.15, 0.2) is 11.0 Å². The number of thiophene rings is 1. The zero-order valence-electron chi connectivity index (χ0n) is 14.5. The molecule has 0 aliphatic rings. The minimum absolute atomic E-state index is 0.0399. The monoisotopic (exact) mass is 368 g/mol. The minimum Gasteiger partial charge on any atom is -0.391 e. The smallest absolute Gasteiger partial charge is 0.254 e. The molecule has 8 heteroatoms. The van der Waals surface area contributed by atoms with Gasteiger partial charge in [-0.1, -0.05) is 19.6 Å². The molecular formula is C16H24N2O4SSi. The number of amides is 1. The van der Waals surface area contributed by atoms with E-state index < -0.39 is 14.0 Å². The predicted molar refractivity (Wildman–Crippen MR) is 99.3 cm³/mol. The van der Waals surface area contributed by atoms with Gasteiger partial charge in [-0.15, -0.1) is 11.3 Å². The van der Waals surface area contributed by atoms with Gasteiger partial charge in [-0.25, -0.2) is 0 Å². The molecule has 2 aromatic rings. The summed E-state index contributed by atoms with van der Waals surface area (Å²) in [5, 5.41) is 9.62. The molecule has 0 aromatic carbocycles. The van der Waals surface area contributed by atoms with Gasteiger partial charge in [-0.3, -0.25) is 9.59 Å². The van der Waals surface area contributed by atoms with Gasteiger partial charge in [0.1, 0.15) is 5.56 Å². The number of aromatic nitrogens is 1. The lowest BCUT2D eigenvalue weighted by Gasteiger charge is -2.15. The first-order valence-electron chi connectivity index (χ1n) is 7.78. The molecule has 1 amide bonds. The molecule has 24 heavy (non-hydrogen) atoms. The summed E-state index contributed by atoms with van der Waals surface area (Å²) < 4.78 is 7.94. The highest BCUT2D eigenvalue weighted by molar-refractivity contribution is 7.19. The van der Waals surface area contributed by atoms with E-state index in [-0.39, 0.29) is 17.6 Å². The van der Waals surface area contributed by atoms with Crippen molar-refractivity contribution in [2.75, 3.05) is 6.61 Å². The van der Waals surface area contributed by atoms with Gasteiger partial charge in [-0.2, -0.15) is 0 Å². The Morgan fingerprint density at radius 1 is 1.42 bits per heavy atom. The molecule has 0 aliphatic heterocycles. The predicted octanol–water partition coefficient (Wildman–Crippen LogP) is 2.05. The SMILES string of the molecule is Cn1cc(C(N)=O)c(=O)c2sc(CO)c(COCC[Si](C)(C)C)c21. The highest BCUT2D eigenvalue weighted by Crippen LogP contribution is 2.30. The Hall–Kier alpha value is -1.48. The second kappa shape index (κ2) is 7.18. The Labute approximate surface area is 145 Å². The van der Waals surface area contributed by atoms with Gasteiger partial charge in [0, 0.05) is 38.4 Å². The maximum Gasteiger partial charge on any atom is 0.254 e. The number of nitrogens with two attached hydrogens (primary N) is 1. The summed E-state index contributed by atoms with van der Waals surface area (Å²) in [5.74, 6) is -0.746. The van der Waals surface area contributed by atoms with Crippen LogP contribution in [0.3, 0.4) is 0 Å². The Morgan fingerprint density at radius 2 is 2.08 bits per heavy atom. The normalized spacial score (nSPS) is 12.0. The third kappa shape index (κ3) is 3.94. The van der Waals surface area contributed by atoms with Crippen LogP contribution in [0.4, 0.5) is 0 Å². The number of carbonyl (C=O) groups is 1. The summed E-state index contributed by atoms with van der Waals surface area (Å²) in [5.41, 5.74) is 6.36. The van der Waals surface area contributed by atoms with Crippen molar-refractivity contribution < 1.29 is 14.6 Å². The molecule has 0 saturated carbocycles. The summed E-state index contributed by atoms with van der Waals surface area (Å²) in [4.78, 5) is 24.6. The van der Waals surface area contributed by atoms with E-state index in [1.54, 1.807) is 11.6 Å². The third-order valence-corrected chi connectivity index (χ3v) is 6.75. The van der Waals surface area contributed by atoms with Crippen molar-refractivity contribution in [3.05, 3.63) is 32.4 Å². The molecule has 0 unspecified atom stereocenters. The number of fused-ring (bicyclic) bond motifs is 1. The molecule has 0 saturated heterocycles. The number of pyridine rings is 1. The molecule has 6 nitrogen and oxygen atoms in total. The average Bonchev–Trinajstić information content (AvgIpc) is 2.85. The van der Waals surface area contributed by atoms with Crippen molar-refractivity contribution in [3.8, 4) is 0 Å². The molecule has 0 aliphatic carbocycles. The number of aliphatic hydroxyl groups excluding tert-OH is 1. The van der Waals surface area contributed by atoms with E-state index in [0.29, 0.717) is 28.3 Å². The number of aliphatic hydroxyl groups is 1. The zero-order valence-corrected chi connectivity index (χ0v) is 16.3. The van der Waals surface area contributed by atoms with Crippen LogP contribution in [0, 0.1) is 0 Å². The summed E-state index contributed by atoms with van der Waals surface area (Å²) in [6.07, 6.45) is 1.45. The second-order valence-electron chi connectivity index (χ2n) is 7.05. The standard InChI is InChI=1S/C16H24N2O4SSi/c1-18-7-10(16(17)21)14(20)15-13(18)11(12(8-19)23-15)9-22-5-6-24(2,3)4/h7,19H,5-6,8-9H2,1-4H3,(H2,17,21). The summed E-state index contributed by atoms with van der Waals surface area (Å²) >= 11 is 1.20. The van der Waals surface area contributed by atoms with Crippen molar-refractivity contribution in [2.45, 2.75) is 38.9 Å². The van der Waals surface area contributed by atoms with Gasteiger partial charge < -0.3 is 20.1 Å². The van der Waals surface area contributed by atoms with E-state index in [1.807, 2.05) is 0 Å².